The van der Waals surface area contributed by atoms with E-state index in [1.165, 1.54) is 16.7 Å². The van der Waals surface area contributed by atoms with Crippen molar-refractivity contribution in [2.24, 2.45) is 12.0 Å². The third kappa shape index (κ3) is 3.79. The van der Waals surface area contributed by atoms with E-state index in [9.17, 15) is 0 Å². The molecule has 0 saturated heterocycles. The Morgan fingerprint density at radius 2 is 1.50 bits per heavy atom. The lowest BCUT2D eigenvalue weighted by molar-refractivity contribution is 0.355. The Balaban J connectivity index is 2.20. The van der Waals surface area contributed by atoms with Crippen LogP contribution >= 0.6 is 0 Å². The molecule has 2 aromatic carbocycles. The summed E-state index contributed by atoms with van der Waals surface area (Å²) in [6.07, 6.45) is 0. The van der Waals surface area contributed by atoms with E-state index in [2.05, 4.69) is 32.9 Å². The molecular formula is C23H27N3O2. The summed E-state index contributed by atoms with van der Waals surface area (Å²) >= 11 is 0. The van der Waals surface area contributed by atoms with E-state index in [0.29, 0.717) is 11.5 Å². The second-order valence-corrected chi connectivity index (χ2v) is 7.03. The number of methoxy groups -OCH3 is 2. The summed E-state index contributed by atoms with van der Waals surface area (Å²) in [5.41, 5.74) is 7.24. The molecule has 28 heavy (non-hydrogen) atoms. The van der Waals surface area contributed by atoms with Gasteiger partial charge in [0.25, 0.3) is 0 Å². The number of rotatable bonds is 4. The van der Waals surface area contributed by atoms with Crippen molar-refractivity contribution in [1.29, 1.82) is 0 Å². The van der Waals surface area contributed by atoms with Crippen molar-refractivity contribution in [2.75, 3.05) is 14.2 Å². The van der Waals surface area contributed by atoms with E-state index >= 15 is 0 Å². The van der Waals surface area contributed by atoms with Crippen molar-refractivity contribution in [1.82, 2.24) is 9.55 Å². The van der Waals surface area contributed by atoms with Gasteiger partial charge in [0, 0.05) is 18.7 Å². The maximum Gasteiger partial charge on any atom is 0.161 e. The summed E-state index contributed by atoms with van der Waals surface area (Å²) in [6.45, 7) is 8.29. The van der Waals surface area contributed by atoms with E-state index in [-0.39, 0.29) is 0 Å². The van der Waals surface area contributed by atoms with E-state index in [1.807, 2.05) is 42.8 Å². The summed E-state index contributed by atoms with van der Waals surface area (Å²) in [7, 11) is 5.25. The molecule has 1 aromatic heterocycles. The highest BCUT2D eigenvalue weighted by Gasteiger charge is 2.10. The number of nitrogens with zero attached hydrogens (tertiary/aromatic N) is 3. The topological polar surface area (TPSA) is 48.6 Å². The van der Waals surface area contributed by atoms with Gasteiger partial charge < -0.3 is 14.0 Å². The van der Waals surface area contributed by atoms with Gasteiger partial charge in [0.05, 0.1) is 25.6 Å². The molecule has 0 saturated carbocycles. The minimum Gasteiger partial charge on any atom is -0.493 e. The van der Waals surface area contributed by atoms with Crippen LogP contribution in [0.1, 0.15) is 22.5 Å². The normalized spacial score (nSPS) is 11.6. The van der Waals surface area contributed by atoms with Crippen molar-refractivity contribution in [3.05, 3.63) is 64.4 Å². The van der Waals surface area contributed by atoms with Gasteiger partial charge in [0.1, 0.15) is 11.3 Å². The molecular weight excluding hydrogens is 350 g/mol. The number of aryl methyl sites for hydroxylation is 4. The highest BCUT2D eigenvalue weighted by molar-refractivity contribution is 5.64. The first-order valence-corrected chi connectivity index (χ1v) is 9.23. The van der Waals surface area contributed by atoms with Gasteiger partial charge in [0.15, 0.2) is 11.5 Å². The Morgan fingerprint density at radius 3 is 2.11 bits per heavy atom. The molecule has 0 radical (unpaired) electrons. The third-order valence-corrected chi connectivity index (χ3v) is 4.92. The van der Waals surface area contributed by atoms with E-state index in [0.717, 1.165) is 28.3 Å². The molecule has 0 bridgehead atoms. The molecule has 0 aliphatic carbocycles. The summed E-state index contributed by atoms with van der Waals surface area (Å²) in [5.74, 6) is 2.25. The molecule has 0 N–H and O–H groups in total. The number of benzene rings is 2. The molecule has 0 amide bonds. The van der Waals surface area contributed by atoms with E-state index < -0.39 is 0 Å². The molecule has 5 nitrogen and oxygen atoms in total. The van der Waals surface area contributed by atoms with Crippen LogP contribution in [0.3, 0.4) is 0 Å². The fourth-order valence-electron chi connectivity index (χ4n) is 3.38. The Morgan fingerprint density at radius 1 is 0.857 bits per heavy atom. The smallest absolute Gasteiger partial charge is 0.161 e. The van der Waals surface area contributed by atoms with Crippen LogP contribution in [0.25, 0.3) is 11.3 Å². The summed E-state index contributed by atoms with van der Waals surface area (Å²) < 4.78 is 12.8. The van der Waals surface area contributed by atoms with Gasteiger partial charge in [-0.1, -0.05) is 17.7 Å². The second-order valence-electron chi connectivity index (χ2n) is 7.03. The lowest BCUT2D eigenvalue weighted by Gasteiger charge is -2.12. The molecule has 0 spiro atoms. The summed E-state index contributed by atoms with van der Waals surface area (Å²) in [6, 6.07) is 12.1. The van der Waals surface area contributed by atoms with E-state index in [4.69, 9.17) is 19.5 Å². The van der Waals surface area contributed by atoms with Crippen LogP contribution in [-0.2, 0) is 7.05 Å². The average Bonchev–Trinajstić information content (AvgIpc) is 2.66. The zero-order valence-corrected chi connectivity index (χ0v) is 17.6. The monoisotopic (exact) mass is 377 g/mol. The highest BCUT2D eigenvalue weighted by Crippen LogP contribution is 2.31. The summed E-state index contributed by atoms with van der Waals surface area (Å²) in [4.78, 5) is 9.71. The van der Waals surface area contributed by atoms with Crippen LogP contribution in [0, 0.1) is 27.7 Å². The first-order valence-electron chi connectivity index (χ1n) is 9.23. The quantitative estimate of drug-likeness (QED) is 0.669. The maximum atomic E-state index is 5.44. The van der Waals surface area contributed by atoms with Gasteiger partial charge in [-0.15, -0.1) is 0 Å². The molecule has 0 atom stereocenters. The highest BCUT2D eigenvalue weighted by atomic mass is 16.5. The van der Waals surface area contributed by atoms with Gasteiger partial charge in [0.2, 0.25) is 0 Å². The molecule has 0 fully saturated rings. The van der Waals surface area contributed by atoms with Crippen molar-refractivity contribution in [3.8, 4) is 22.8 Å². The second kappa shape index (κ2) is 7.89. The van der Waals surface area contributed by atoms with Crippen LogP contribution in [0.2, 0.25) is 0 Å². The first kappa shape index (κ1) is 19.7. The lowest BCUT2D eigenvalue weighted by Crippen LogP contribution is -2.21. The summed E-state index contributed by atoms with van der Waals surface area (Å²) in [5, 5.41) is 0. The molecule has 0 unspecified atom stereocenters. The van der Waals surface area contributed by atoms with Gasteiger partial charge in [-0.3, -0.25) is 0 Å². The van der Waals surface area contributed by atoms with Crippen LogP contribution in [0.15, 0.2) is 41.4 Å². The molecule has 3 rings (SSSR count). The van der Waals surface area contributed by atoms with Crippen molar-refractivity contribution < 1.29 is 9.47 Å². The van der Waals surface area contributed by atoms with Crippen molar-refractivity contribution in [2.45, 2.75) is 27.7 Å². The maximum absolute atomic E-state index is 5.44. The van der Waals surface area contributed by atoms with Crippen LogP contribution in [0.5, 0.6) is 11.5 Å². The van der Waals surface area contributed by atoms with Crippen LogP contribution < -0.4 is 15.0 Å². The Kier molecular flexibility index (Phi) is 5.54. The molecule has 3 aromatic rings. The van der Waals surface area contributed by atoms with Crippen LogP contribution in [-0.4, -0.2) is 23.8 Å². The van der Waals surface area contributed by atoms with Gasteiger partial charge in [-0.05, 0) is 57.0 Å². The fourth-order valence-corrected chi connectivity index (χ4v) is 3.38. The Labute approximate surface area is 166 Å². The van der Waals surface area contributed by atoms with Gasteiger partial charge in [-0.2, -0.15) is 0 Å². The molecule has 1 heterocycles. The molecule has 0 aliphatic rings. The number of hydrogen-bond donors (Lipinski definition) is 0. The minimum absolute atomic E-state index is 0.677. The standard InChI is InChI=1S/C23H27N3O2/c1-14-10-15(2)23(16(3)11-14)25-22-13-19(24-17(4)26(22)5)18-8-9-20(27-6)21(12-18)28-7/h8-13H,1-7H3/b25-22-. The average molecular weight is 377 g/mol. The number of aromatic nitrogens is 2. The predicted octanol–water partition coefficient (Wildman–Crippen LogP) is 4.57. The fraction of sp³-hybridized carbons (Fsp3) is 0.304. The number of ether oxygens (including phenoxy) is 2. The van der Waals surface area contributed by atoms with Crippen molar-refractivity contribution in [3.63, 3.8) is 0 Å². The Hall–Kier alpha value is -3.08. The predicted molar refractivity (Wildman–Crippen MR) is 112 cm³/mol. The number of hydrogen-bond acceptors (Lipinski definition) is 4. The van der Waals surface area contributed by atoms with Crippen molar-refractivity contribution >= 4 is 5.69 Å². The third-order valence-electron chi connectivity index (χ3n) is 4.92. The molecule has 0 aliphatic heterocycles. The van der Waals surface area contributed by atoms with Gasteiger partial charge >= 0.3 is 0 Å². The lowest BCUT2D eigenvalue weighted by atomic mass is 10.1. The van der Waals surface area contributed by atoms with Gasteiger partial charge in [-0.25, -0.2) is 9.98 Å². The van der Waals surface area contributed by atoms with Crippen LogP contribution in [0.4, 0.5) is 5.69 Å². The molecule has 146 valence electrons. The Bertz CT molecular complexity index is 1070. The van der Waals surface area contributed by atoms with E-state index in [1.54, 1.807) is 14.2 Å². The zero-order valence-electron chi connectivity index (χ0n) is 17.6. The minimum atomic E-state index is 0.677. The molecule has 5 heteroatoms. The first-order chi connectivity index (χ1) is 13.3. The largest absolute Gasteiger partial charge is 0.493 e. The SMILES string of the molecule is COc1ccc(-c2c/c(=N/c3c(C)cc(C)cc3C)n(C)c(C)n2)cc1OC. The zero-order chi connectivity index (χ0) is 20.4.